The molecule has 1 N–H and O–H groups in total. The van der Waals surface area contributed by atoms with Crippen LogP contribution in [-0.4, -0.2) is 48.0 Å². The van der Waals surface area contributed by atoms with Crippen LogP contribution >= 0.6 is 15.9 Å². The van der Waals surface area contributed by atoms with E-state index < -0.39 is 6.10 Å². The number of nitrogens with zero attached hydrogens (tertiary/aromatic N) is 1. The first-order chi connectivity index (χ1) is 9.45. The third-order valence-electron chi connectivity index (χ3n) is 3.65. The molecule has 1 aliphatic heterocycles. The minimum Gasteiger partial charge on any atom is -0.390 e. The highest BCUT2D eigenvalue weighted by molar-refractivity contribution is 9.10. The van der Waals surface area contributed by atoms with Gasteiger partial charge >= 0.3 is 0 Å². The fourth-order valence-corrected chi connectivity index (χ4v) is 3.01. The number of ether oxygens (including phenoxy) is 1. The maximum Gasteiger partial charge on any atom is 0.124 e. The van der Waals surface area contributed by atoms with Gasteiger partial charge in [0.2, 0.25) is 0 Å². The van der Waals surface area contributed by atoms with Crippen molar-refractivity contribution in [2.75, 3.05) is 19.7 Å². The van der Waals surface area contributed by atoms with Gasteiger partial charge in [0, 0.05) is 30.0 Å². The van der Waals surface area contributed by atoms with Gasteiger partial charge in [-0.2, -0.15) is 0 Å². The average Bonchev–Trinajstić information content (AvgIpc) is 2.37. The van der Waals surface area contributed by atoms with Crippen molar-refractivity contribution < 1.29 is 14.2 Å². The predicted molar refractivity (Wildman–Crippen MR) is 80.3 cm³/mol. The zero-order valence-corrected chi connectivity index (χ0v) is 13.4. The van der Waals surface area contributed by atoms with Crippen LogP contribution in [0, 0.1) is 5.82 Å². The number of halogens is 2. The number of rotatable bonds is 4. The molecular weight excluding hydrogens is 325 g/mol. The van der Waals surface area contributed by atoms with Crippen LogP contribution in [0.25, 0.3) is 0 Å². The smallest absolute Gasteiger partial charge is 0.124 e. The molecule has 0 radical (unpaired) electrons. The zero-order valence-electron chi connectivity index (χ0n) is 11.9. The molecule has 1 aliphatic rings. The SMILES string of the molecule is CC(C)N1CCOC(C(O)Cc2cc(F)cc(Br)c2)C1. The van der Waals surface area contributed by atoms with E-state index in [9.17, 15) is 9.50 Å². The van der Waals surface area contributed by atoms with E-state index >= 15 is 0 Å². The Morgan fingerprint density at radius 1 is 1.45 bits per heavy atom. The minimum absolute atomic E-state index is 0.215. The van der Waals surface area contributed by atoms with Crippen LogP contribution in [0.1, 0.15) is 19.4 Å². The first-order valence-corrected chi connectivity index (χ1v) is 7.73. The molecule has 1 aromatic rings. The van der Waals surface area contributed by atoms with Crippen LogP contribution in [0.2, 0.25) is 0 Å². The quantitative estimate of drug-likeness (QED) is 0.910. The van der Waals surface area contributed by atoms with E-state index in [4.69, 9.17) is 4.74 Å². The normalized spacial score (nSPS) is 22.2. The number of aliphatic hydroxyl groups is 1. The second kappa shape index (κ2) is 6.98. The van der Waals surface area contributed by atoms with Gasteiger partial charge in [0.1, 0.15) is 5.82 Å². The highest BCUT2D eigenvalue weighted by Crippen LogP contribution is 2.19. The molecule has 2 atom stereocenters. The largest absolute Gasteiger partial charge is 0.390 e. The van der Waals surface area contributed by atoms with Crippen molar-refractivity contribution in [3.05, 3.63) is 34.1 Å². The molecule has 3 nitrogen and oxygen atoms in total. The van der Waals surface area contributed by atoms with Crippen LogP contribution < -0.4 is 0 Å². The summed E-state index contributed by atoms with van der Waals surface area (Å²) in [6.45, 7) is 6.52. The molecule has 20 heavy (non-hydrogen) atoms. The van der Waals surface area contributed by atoms with E-state index in [-0.39, 0.29) is 11.9 Å². The molecule has 0 saturated carbocycles. The Morgan fingerprint density at radius 3 is 2.85 bits per heavy atom. The highest BCUT2D eigenvalue weighted by atomic mass is 79.9. The van der Waals surface area contributed by atoms with Gasteiger partial charge in [0.05, 0.1) is 18.8 Å². The van der Waals surface area contributed by atoms with E-state index in [1.54, 1.807) is 0 Å². The Labute approximate surface area is 127 Å². The first kappa shape index (κ1) is 15.9. The predicted octanol–water partition coefficient (Wildman–Crippen LogP) is 2.60. The molecule has 0 bridgehead atoms. The zero-order chi connectivity index (χ0) is 14.7. The van der Waals surface area contributed by atoms with Crippen LogP contribution in [0.15, 0.2) is 22.7 Å². The number of hydrogen-bond donors (Lipinski definition) is 1. The van der Waals surface area contributed by atoms with Crippen LogP contribution in [0.3, 0.4) is 0 Å². The van der Waals surface area contributed by atoms with Gasteiger partial charge in [0.25, 0.3) is 0 Å². The fraction of sp³-hybridized carbons (Fsp3) is 0.600. The van der Waals surface area contributed by atoms with Crippen molar-refractivity contribution >= 4 is 15.9 Å². The van der Waals surface area contributed by atoms with E-state index in [1.807, 2.05) is 6.07 Å². The Kier molecular flexibility index (Phi) is 5.55. The van der Waals surface area contributed by atoms with Crippen molar-refractivity contribution in [2.24, 2.45) is 0 Å². The third-order valence-corrected chi connectivity index (χ3v) is 4.11. The monoisotopic (exact) mass is 345 g/mol. The van der Waals surface area contributed by atoms with Gasteiger partial charge in [0.15, 0.2) is 0 Å². The van der Waals surface area contributed by atoms with E-state index in [0.29, 0.717) is 23.5 Å². The lowest BCUT2D eigenvalue weighted by molar-refractivity contribution is -0.0940. The van der Waals surface area contributed by atoms with E-state index in [2.05, 4.69) is 34.7 Å². The summed E-state index contributed by atoms with van der Waals surface area (Å²) in [6.07, 6.45) is -0.439. The summed E-state index contributed by atoms with van der Waals surface area (Å²) in [5, 5.41) is 10.3. The van der Waals surface area contributed by atoms with Crippen LogP contribution in [0.4, 0.5) is 4.39 Å². The lowest BCUT2D eigenvalue weighted by Crippen LogP contribution is -2.50. The summed E-state index contributed by atoms with van der Waals surface area (Å²) in [4.78, 5) is 2.29. The molecule has 2 rings (SSSR count). The molecule has 2 unspecified atom stereocenters. The van der Waals surface area contributed by atoms with E-state index in [0.717, 1.165) is 18.7 Å². The van der Waals surface area contributed by atoms with Gasteiger partial charge in [-0.25, -0.2) is 4.39 Å². The highest BCUT2D eigenvalue weighted by Gasteiger charge is 2.28. The minimum atomic E-state index is -0.620. The standard InChI is InChI=1S/C15H21BrFNO2/c1-10(2)18-3-4-20-15(9-18)14(19)7-11-5-12(16)8-13(17)6-11/h5-6,8,10,14-15,19H,3-4,7,9H2,1-2H3. The number of aliphatic hydroxyl groups excluding tert-OH is 1. The second-order valence-electron chi connectivity index (χ2n) is 5.55. The van der Waals surface area contributed by atoms with Crippen LogP contribution in [0.5, 0.6) is 0 Å². The van der Waals surface area contributed by atoms with Crippen LogP contribution in [-0.2, 0) is 11.2 Å². The topological polar surface area (TPSA) is 32.7 Å². The Bertz CT molecular complexity index is 435. The number of hydrogen-bond acceptors (Lipinski definition) is 3. The fourth-order valence-electron chi connectivity index (χ4n) is 2.50. The Morgan fingerprint density at radius 2 is 2.20 bits per heavy atom. The maximum atomic E-state index is 13.3. The summed E-state index contributed by atoms with van der Waals surface area (Å²) in [5.74, 6) is -0.296. The third kappa shape index (κ3) is 4.25. The molecule has 5 heteroatoms. The molecule has 0 amide bonds. The van der Waals surface area contributed by atoms with Gasteiger partial charge < -0.3 is 9.84 Å². The van der Waals surface area contributed by atoms with Crippen molar-refractivity contribution in [2.45, 2.75) is 38.5 Å². The molecule has 0 aromatic heterocycles. The summed E-state index contributed by atoms with van der Waals surface area (Å²) < 4.78 is 19.7. The van der Waals surface area contributed by atoms with Crippen molar-refractivity contribution in [1.29, 1.82) is 0 Å². The maximum absolute atomic E-state index is 13.3. The lowest BCUT2D eigenvalue weighted by Gasteiger charge is -2.37. The summed E-state index contributed by atoms with van der Waals surface area (Å²) in [6, 6.07) is 5.14. The molecule has 112 valence electrons. The summed E-state index contributed by atoms with van der Waals surface area (Å²) in [5.41, 5.74) is 0.773. The summed E-state index contributed by atoms with van der Waals surface area (Å²) in [7, 11) is 0. The van der Waals surface area contributed by atoms with Crippen molar-refractivity contribution in [3.63, 3.8) is 0 Å². The molecule has 1 aromatic carbocycles. The number of morpholine rings is 1. The molecule has 1 heterocycles. The van der Waals surface area contributed by atoms with E-state index in [1.165, 1.54) is 12.1 Å². The van der Waals surface area contributed by atoms with Gasteiger partial charge in [-0.05, 0) is 37.6 Å². The first-order valence-electron chi connectivity index (χ1n) is 6.94. The van der Waals surface area contributed by atoms with Gasteiger partial charge in [-0.1, -0.05) is 15.9 Å². The van der Waals surface area contributed by atoms with Gasteiger partial charge in [-0.3, -0.25) is 4.90 Å². The van der Waals surface area contributed by atoms with Gasteiger partial charge in [-0.15, -0.1) is 0 Å². The molecule has 1 fully saturated rings. The summed E-state index contributed by atoms with van der Waals surface area (Å²) >= 11 is 3.27. The molecule has 0 spiro atoms. The Balaban J connectivity index is 1.98. The number of benzene rings is 1. The molecular formula is C15H21BrFNO2. The van der Waals surface area contributed by atoms with Crippen molar-refractivity contribution in [3.8, 4) is 0 Å². The average molecular weight is 346 g/mol. The second-order valence-corrected chi connectivity index (χ2v) is 6.46. The lowest BCUT2D eigenvalue weighted by atomic mass is 10.0. The molecule has 1 saturated heterocycles. The van der Waals surface area contributed by atoms with Crippen molar-refractivity contribution in [1.82, 2.24) is 4.90 Å². The Hall–Kier alpha value is -0.490. The molecule has 0 aliphatic carbocycles.